The highest BCUT2D eigenvalue weighted by atomic mass is 32.1. The Balaban J connectivity index is 2.04. The molecule has 0 saturated carbocycles. The third kappa shape index (κ3) is 1.91. The van der Waals surface area contributed by atoms with E-state index in [-0.39, 0.29) is 11.5 Å². The topological polar surface area (TPSA) is 52.0 Å². The molecule has 1 aliphatic rings. The van der Waals surface area contributed by atoms with Crippen molar-refractivity contribution in [3.05, 3.63) is 29.0 Å². The molecule has 3 nitrogen and oxygen atoms in total. The van der Waals surface area contributed by atoms with E-state index >= 15 is 0 Å². The van der Waals surface area contributed by atoms with Crippen LogP contribution in [0.1, 0.15) is 36.9 Å². The predicted octanol–water partition coefficient (Wildman–Crippen LogP) is 3.38. The van der Waals surface area contributed by atoms with Crippen molar-refractivity contribution in [3.8, 4) is 10.8 Å². The van der Waals surface area contributed by atoms with Gasteiger partial charge in [0.15, 0.2) is 10.8 Å². The van der Waals surface area contributed by atoms with Crippen molar-refractivity contribution < 1.29 is 4.42 Å². The lowest BCUT2D eigenvalue weighted by Gasteiger charge is -2.32. The fraction of sp³-hybridized carbons (Fsp3) is 0.462. The molecule has 0 bridgehead atoms. The molecule has 0 spiro atoms. The summed E-state index contributed by atoms with van der Waals surface area (Å²) in [5.41, 5.74) is 7.64. The van der Waals surface area contributed by atoms with Crippen molar-refractivity contribution in [1.29, 1.82) is 0 Å². The smallest absolute Gasteiger partial charge is 0.162 e. The molecule has 90 valence electrons. The normalized spacial score (nSPS) is 22.4. The Morgan fingerprint density at radius 3 is 3.06 bits per heavy atom. The van der Waals surface area contributed by atoms with Crippen LogP contribution < -0.4 is 5.73 Å². The van der Waals surface area contributed by atoms with E-state index in [9.17, 15) is 0 Å². The van der Waals surface area contributed by atoms with Gasteiger partial charge in [-0.15, -0.1) is 11.3 Å². The quantitative estimate of drug-likeness (QED) is 0.841. The first kappa shape index (κ1) is 11.0. The second-order valence-corrected chi connectivity index (χ2v) is 6.49. The molecule has 2 aromatic heterocycles. The third-order valence-electron chi connectivity index (χ3n) is 3.21. The summed E-state index contributed by atoms with van der Waals surface area (Å²) < 4.78 is 5.39. The number of furan rings is 1. The van der Waals surface area contributed by atoms with Crippen molar-refractivity contribution in [2.24, 2.45) is 11.1 Å². The Labute approximate surface area is 105 Å². The lowest BCUT2D eigenvalue weighted by Crippen LogP contribution is -2.28. The SMILES string of the molecule is CC1(C)Cc2nc(-c3ccco3)sc2C(N)C1. The monoisotopic (exact) mass is 248 g/mol. The summed E-state index contributed by atoms with van der Waals surface area (Å²) in [4.78, 5) is 5.92. The van der Waals surface area contributed by atoms with Gasteiger partial charge in [0.25, 0.3) is 0 Å². The first-order chi connectivity index (χ1) is 8.05. The van der Waals surface area contributed by atoms with E-state index in [0.29, 0.717) is 0 Å². The molecule has 0 fully saturated rings. The van der Waals surface area contributed by atoms with Crippen molar-refractivity contribution >= 4 is 11.3 Å². The number of rotatable bonds is 1. The van der Waals surface area contributed by atoms with Gasteiger partial charge in [-0.05, 0) is 30.4 Å². The lowest BCUT2D eigenvalue weighted by atomic mass is 9.77. The standard InChI is InChI=1S/C13H16N2OS/c1-13(2)6-8(14)11-9(7-13)15-12(17-11)10-4-3-5-16-10/h3-5,8H,6-7,14H2,1-2H3. The molecule has 1 unspecified atom stereocenters. The molecule has 0 aromatic carbocycles. The fourth-order valence-corrected chi connectivity index (χ4v) is 3.55. The summed E-state index contributed by atoms with van der Waals surface area (Å²) >= 11 is 1.67. The third-order valence-corrected chi connectivity index (χ3v) is 4.46. The van der Waals surface area contributed by atoms with Crippen LogP contribution in [0.25, 0.3) is 10.8 Å². The number of aromatic nitrogens is 1. The van der Waals surface area contributed by atoms with Gasteiger partial charge in [0, 0.05) is 10.9 Å². The number of thiazole rings is 1. The van der Waals surface area contributed by atoms with Crippen molar-refractivity contribution in [2.45, 2.75) is 32.7 Å². The zero-order chi connectivity index (χ0) is 12.0. The summed E-state index contributed by atoms with van der Waals surface area (Å²) in [6.45, 7) is 4.50. The van der Waals surface area contributed by atoms with E-state index in [2.05, 4.69) is 18.8 Å². The highest BCUT2D eigenvalue weighted by molar-refractivity contribution is 7.15. The second kappa shape index (κ2) is 3.68. The van der Waals surface area contributed by atoms with E-state index in [1.807, 2.05) is 12.1 Å². The minimum atomic E-state index is 0.120. The number of fused-ring (bicyclic) bond motifs is 1. The van der Waals surface area contributed by atoms with Gasteiger partial charge in [-0.3, -0.25) is 0 Å². The van der Waals surface area contributed by atoms with Crippen LogP contribution in [0.5, 0.6) is 0 Å². The van der Waals surface area contributed by atoms with Gasteiger partial charge in [0.1, 0.15) is 0 Å². The molecule has 0 amide bonds. The Bertz CT molecular complexity index is 528. The summed E-state index contributed by atoms with van der Waals surface area (Å²) in [6.07, 6.45) is 3.71. The maximum Gasteiger partial charge on any atom is 0.162 e. The van der Waals surface area contributed by atoms with Gasteiger partial charge < -0.3 is 10.2 Å². The van der Waals surface area contributed by atoms with Crippen molar-refractivity contribution in [1.82, 2.24) is 4.98 Å². The van der Waals surface area contributed by atoms with Crippen molar-refractivity contribution in [2.75, 3.05) is 0 Å². The molecule has 2 aromatic rings. The number of nitrogens with two attached hydrogens (primary N) is 1. The summed E-state index contributed by atoms with van der Waals surface area (Å²) in [7, 11) is 0. The lowest BCUT2D eigenvalue weighted by molar-refractivity contribution is 0.282. The maximum atomic E-state index is 6.23. The van der Waals surface area contributed by atoms with E-state index < -0.39 is 0 Å². The molecule has 2 heterocycles. The fourth-order valence-electron chi connectivity index (χ4n) is 2.50. The minimum Gasteiger partial charge on any atom is -0.462 e. The van der Waals surface area contributed by atoms with Crippen LogP contribution in [-0.4, -0.2) is 4.98 Å². The Morgan fingerprint density at radius 1 is 1.53 bits per heavy atom. The van der Waals surface area contributed by atoms with Gasteiger partial charge in [0.05, 0.1) is 12.0 Å². The molecule has 0 saturated heterocycles. The predicted molar refractivity (Wildman–Crippen MR) is 68.8 cm³/mol. The van der Waals surface area contributed by atoms with Gasteiger partial charge in [-0.25, -0.2) is 4.98 Å². The van der Waals surface area contributed by atoms with Crippen LogP contribution in [0.3, 0.4) is 0 Å². The number of nitrogens with zero attached hydrogens (tertiary/aromatic N) is 1. The molecule has 17 heavy (non-hydrogen) atoms. The first-order valence-corrected chi connectivity index (χ1v) is 6.66. The molecule has 0 aliphatic heterocycles. The van der Waals surface area contributed by atoms with E-state index in [4.69, 9.17) is 10.2 Å². The van der Waals surface area contributed by atoms with Gasteiger partial charge in [0.2, 0.25) is 0 Å². The summed E-state index contributed by atoms with van der Waals surface area (Å²) in [6, 6.07) is 3.95. The molecule has 0 radical (unpaired) electrons. The second-order valence-electron chi connectivity index (χ2n) is 5.46. The molecule has 3 rings (SSSR count). The summed E-state index contributed by atoms with van der Waals surface area (Å²) in [5.74, 6) is 0.842. The van der Waals surface area contributed by atoms with Crippen LogP contribution in [0.4, 0.5) is 0 Å². The average Bonchev–Trinajstić information content (AvgIpc) is 2.81. The Kier molecular flexibility index (Phi) is 2.38. The van der Waals surface area contributed by atoms with E-state index in [1.54, 1.807) is 17.6 Å². The van der Waals surface area contributed by atoms with Crippen LogP contribution in [-0.2, 0) is 6.42 Å². The highest BCUT2D eigenvalue weighted by Crippen LogP contribution is 2.43. The van der Waals surface area contributed by atoms with Crippen LogP contribution in [0.2, 0.25) is 0 Å². The largest absolute Gasteiger partial charge is 0.462 e. The molecule has 2 N–H and O–H groups in total. The molecular weight excluding hydrogens is 232 g/mol. The molecule has 4 heteroatoms. The van der Waals surface area contributed by atoms with Gasteiger partial charge in [-0.2, -0.15) is 0 Å². The zero-order valence-corrected chi connectivity index (χ0v) is 10.9. The van der Waals surface area contributed by atoms with Crippen LogP contribution in [0.15, 0.2) is 22.8 Å². The van der Waals surface area contributed by atoms with Gasteiger partial charge in [-0.1, -0.05) is 13.8 Å². The highest BCUT2D eigenvalue weighted by Gasteiger charge is 2.33. The number of hydrogen-bond donors (Lipinski definition) is 1. The molecule has 1 aliphatic carbocycles. The maximum absolute atomic E-state index is 6.23. The first-order valence-electron chi connectivity index (χ1n) is 5.84. The van der Waals surface area contributed by atoms with E-state index in [0.717, 1.165) is 29.3 Å². The Morgan fingerprint density at radius 2 is 2.35 bits per heavy atom. The van der Waals surface area contributed by atoms with E-state index in [1.165, 1.54) is 4.88 Å². The molecule has 1 atom stereocenters. The summed E-state index contributed by atoms with van der Waals surface area (Å²) in [5, 5.41) is 0.952. The Hall–Kier alpha value is -1.13. The van der Waals surface area contributed by atoms with Crippen LogP contribution >= 0.6 is 11.3 Å². The number of hydrogen-bond acceptors (Lipinski definition) is 4. The zero-order valence-electron chi connectivity index (χ0n) is 10.1. The minimum absolute atomic E-state index is 0.120. The van der Waals surface area contributed by atoms with Crippen molar-refractivity contribution in [3.63, 3.8) is 0 Å². The molecular formula is C13H16N2OS. The van der Waals surface area contributed by atoms with Crippen LogP contribution in [0, 0.1) is 5.41 Å². The average molecular weight is 248 g/mol. The van der Waals surface area contributed by atoms with Gasteiger partial charge >= 0.3 is 0 Å².